The maximum atomic E-state index is 5.47. The predicted molar refractivity (Wildman–Crippen MR) is 62.2 cm³/mol. The molecule has 0 aliphatic heterocycles. The van der Waals surface area contributed by atoms with Gasteiger partial charge in [0.2, 0.25) is 11.6 Å². The highest BCUT2D eigenvalue weighted by atomic mass is 16.5. The van der Waals surface area contributed by atoms with Crippen LogP contribution in [0.15, 0.2) is 30.3 Å². The fraction of sp³-hybridized carbons (Fsp3) is 0.200. The van der Waals surface area contributed by atoms with Crippen molar-refractivity contribution in [2.45, 2.75) is 13.3 Å². The standard InChI is InChI=1S/C10H10N8O/c1-2-4-8(5-3-1)6-19-7-18-14-10(13-17-18)9-11-15-16-12-9/h1-5H,6-7H2,(H,11,12,15,16). The lowest BCUT2D eigenvalue weighted by atomic mass is 10.2. The summed E-state index contributed by atoms with van der Waals surface area (Å²) in [5, 5.41) is 25.0. The highest BCUT2D eigenvalue weighted by Crippen LogP contribution is 2.04. The number of hydrogen-bond donors (Lipinski definition) is 1. The Morgan fingerprint density at radius 2 is 2.00 bits per heavy atom. The highest BCUT2D eigenvalue weighted by Gasteiger charge is 2.09. The van der Waals surface area contributed by atoms with E-state index >= 15 is 0 Å². The molecule has 0 fully saturated rings. The van der Waals surface area contributed by atoms with Crippen molar-refractivity contribution in [3.05, 3.63) is 35.9 Å². The molecule has 0 atom stereocenters. The van der Waals surface area contributed by atoms with Crippen LogP contribution < -0.4 is 0 Å². The average molecular weight is 258 g/mol. The molecular weight excluding hydrogens is 248 g/mol. The Bertz CT molecular complexity index is 620. The summed E-state index contributed by atoms with van der Waals surface area (Å²) in [4.78, 5) is 1.33. The second kappa shape index (κ2) is 5.31. The van der Waals surface area contributed by atoms with Crippen LogP contribution in [0, 0.1) is 0 Å². The van der Waals surface area contributed by atoms with E-state index in [-0.39, 0.29) is 6.73 Å². The number of ether oxygens (including phenoxy) is 1. The van der Waals surface area contributed by atoms with Crippen molar-refractivity contribution < 1.29 is 4.74 Å². The maximum Gasteiger partial charge on any atom is 0.245 e. The first-order chi connectivity index (χ1) is 9.42. The molecule has 0 aliphatic carbocycles. The molecule has 0 radical (unpaired) electrons. The molecule has 0 aliphatic rings. The molecule has 0 unspecified atom stereocenters. The zero-order valence-electron chi connectivity index (χ0n) is 9.84. The number of H-pyrrole nitrogens is 1. The van der Waals surface area contributed by atoms with E-state index in [9.17, 15) is 0 Å². The van der Waals surface area contributed by atoms with Crippen LogP contribution in [0.1, 0.15) is 5.56 Å². The zero-order valence-corrected chi connectivity index (χ0v) is 9.84. The lowest BCUT2D eigenvalue weighted by molar-refractivity contribution is 0.0459. The summed E-state index contributed by atoms with van der Waals surface area (Å²) < 4.78 is 5.47. The van der Waals surface area contributed by atoms with Crippen molar-refractivity contribution in [3.63, 3.8) is 0 Å². The normalized spacial score (nSPS) is 10.7. The Morgan fingerprint density at radius 1 is 1.11 bits per heavy atom. The molecule has 19 heavy (non-hydrogen) atoms. The molecule has 3 aromatic rings. The smallest absolute Gasteiger partial charge is 0.245 e. The predicted octanol–water partition coefficient (Wildman–Crippen LogP) is 0.0275. The van der Waals surface area contributed by atoms with Gasteiger partial charge in [-0.05, 0) is 16.0 Å². The van der Waals surface area contributed by atoms with Gasteiger partial charge >= 0.3 is 0 Å². The van der Waals surface area contributed by atoms with Crippen LogP contribution >= 0.6 is 0 Å². The van der Waals surface area contributed by atoms with Gasteiger partial charge in [-0.1, -0.05) is 30.3 Å². The first-order valence-electron chi connectivity index (χ1n) is 5.55. The van der Waals surface area contributed by atoms with Gasteiger partial charge in [-0.25, -0.2) is 0 Å². The molecular formula is C10H10N8O. The summed E-state index contributed by atoms with van der Waals surface area (Å²) in [6.07, 6.45) is 0. The third-order valence-electron chi connectivity index (χ3n) is 2.32. The SMILES string of the molecule is c1ccc(COCn2nnc(-c3nn[nH]n3)n2)cc1. The minimum atomic E-state index is 0.208. The molecule has 96 valence electrons. The highest BCUT2D eigenvalue weighted by molar-refractivity contribution is 5.37. The molecule has 3 rings (SSSR count). The number of aromatic nitrogens is 8. The van der Waals surface area contributed by atoms with Crippen LogP contribution in [0.4, 0.5) is 0 Å². The van der Waals surface area contributed by atoms with Gasteiger partial charge in [0.05, 0.1) is 6.61 Å². The Labute approximate surface area is 107 Å². The van der Waals surface area contributed by atoms with Gasteiger partial charge in [0.15, 0.2) is 6.73 Å². The lowest BCUT2D eigenvalue weighted by Gasteiger charge is -2.02. The van der Waals surface area contributed by atoms with E-state index in [1.807, 2.05) is 30.3 Å². The molecule has 9 nitrogen and oxygen atoms in total. The van der Waals surface area contributed by atoms with Crippen LogP contribution in [0.5, 0.6) is 0 Å². The molecule has 1 aromatic carbocycles. The lowest BCUT2D eigenvalue weighted by Crippen LogP contribution is -2.06. The summed E-state index contributed by atoms with van der Waals surface area (Å²) in [6, 6.07) is 9.85. The Hall–Kier alpha value is -2.68. The van der Waals surface area contributed by atoms with Crippen molar-refractivity contribution in [1.82, 2.24) is 40.8 Å². The molecule has 0 amide bonds. The number of rotatable bonds is 5. The first-order valence-corrected chi connectivity index (χ1v) is 5.55. The third kappa shape index (κ3) is 2.77. The topological polar surface area (TPSA) is 107 Å². The van der Waals surface area contributed by atoms with Gasteiger partial charge in [0.1, 0.15) is 0 Å². The van der Waals surface area contributed by atoms with E-state index in [0.717, 1.165) is 5.56 Å². The fourth-order valence-electron chi connectivity index (χ4n) is 1.46. The second-order valence-corrected chi connectivity index (χ2v) is 3.68. The molecule has 0 saturated heterocycles. The van der Waals surface area contributed by atoms with Crippen LogP contribution in [-0.2, 0) is 18.1 Å². The quantitative estimate of drug-likeness (QED) is 0.687. The van der Waals surface area contributed by atoms with Gasteiger partial charge in [-0.15, -0.1) is 25.2 Å². The van der Waals surface area contributed by atoms with Crippen molar-refractivity contribution in [3.8, 4) is 11.6 Å². The minimum Gasteiger partial charge on any atom is -0.353 e. The number of aromatic amines is 1. The first kappa shape index (κ1) is 11.4. The molecule has 0 spiro atoms. The van der Waals surface area contributed by atoms with Crippen LogP contribution in [0.3, 0.4) is 0 Å². The van der Waals surface area contributed by atoms with Crippen molar-refractivity contribution >= 4 is 0 Å². The van der Waals surface area contributed by atoms with E-state index in [1.54, 1.807) is 0 Å². The van der Waals surface area contributed by atoms with Crippen molar-refractivity contribution in [1.29, 1.82) is 0 Å². The number of hydrogen-bond acceptors (Lipinski definition) is 7. The Morgan fingerprint density at radius 3 is 2.79 bits per heavy atom. The van der Waals surface area contributed by atoms with Crippen LogP contribution in [-0.4, -0.2) is 40.8 Å². The fourth-order valence-corrected chi connectivity index (χ4v) is 1.46. The maximum absolute atomic E-state index is 5.47. The van der Waals surface area contributed by atoms with E-state index in [1.165, 1.54) is 4.80 Å². The summed E-state index contributed by atoms with van der Waals surface area (Å²) in [5.41, 5.74) is 1.08. The second-order valence-electron chi connectivity index (χ2n) is 3.68. The number of nitrogens with one attached hydrogen (secondary N) is 1. The van der Waals surface area contributed by atoms with Gasteiger partial charge < -0.3 is 4.74 Å². The van der Waals surface area contributed by atoms with E-state index in [0.29, 0.717) is 18.3 Å². The van der Waals surface area contributed by atoms with E-state index in [2.05, 4.69) is 36.0 Å². The van der Waals surface area contributed by atoms with Gasteiger partial charge in [0, 0.05) is 0 Å². The van der Waals surface area contributed by atoms with Crippen molar-refractivity contribution in [2.75, 3.05) is 0 Å². The molecule has 0 bridgehead atoms. The molecule has 2 aromatic heterocycles. The molecule has 1 N–H and O–H groups in total. The monoisotopic (exact) mass is 258 g/mol. The van der Waals surface area contributed by atoms with Crippen molar-refractivity contribution in [2.24, 2.45) is 0 Å². The molecule has 0 saturated carbocycles. The number of tetrazole rings is 2. The summed E-state index contributed by atoms with van der Waals surface area (Å²) in [6.45, 7) is 0.694. The van der Waals surface area contributed by atoms with Gasteiger partial charge in [0.25, 0.3) is 0 Å². The average Bonchev–Trinajstić information content (AvgIpc) is 3.10. The van der Waals surface area contributed by atoms with E-state index in [4.69, 9.17) is 4.74 Å². The number of benzene rings is 1. The summed E-state index contributed by atoms with van der Waals surface area (Å²) in [5.74, 6) is 0.603. The zero-order chi connectivity index (χ0) is 12.9. The number of nitrogens with zero attached hydrogens (tertiary/aromatic N) is 7. The van der Waals surface area contributed by atoms with Gasteiger partial charge in [-0.2, -0.15) is 5.21 Å². The molecule has 2 heterocycles. The summed E-state index contributed by atoms with van der Waals surface area (Å²) >= 11 is 0. The minimum absolute atomic E-state index is 0.208. The Kier molecular flexibility index (Phi) is 3.19. The summed E-state index contributed by atoms with van der Waals surface area (Å²) in [7, 11) is 0. The van der Waals surface area contributed by atoms with Gasteiger partial charge in [-0.3, -0.25) is 0 Å². The van der Waals surface area contributed by atoms with Crippen LogP contribution in [0.2, 0.25) is 0 Å². The largest absolute Gasteiger partial charge is 0.353 e. The van der Waals surface area contributed by atoms with E-state index < -0.39 is 0 Å². The third-order valence-corrected chi connectivity index (χ3v) is 2.32. The Balaban J connectivity index is 1.56. The van der Waals surface area contributed by atoms with Crippen LogP contribution in [0.25, 0.3) is 11.6 Å². The molecule has 9 heteroatoms.